The number of aliphatic imine (C=N–C) groups is 2. The van der Waals surface area contributed by atoms with Crippen molar-refractivity contribution in [3.05, 3.63) is 86.1 Å². The molecule has 1 aromatic heterocycles. The van der Waals surface area contributed by atoms with Crippen molar-refractivity contribution in [3.63, 3.8) is 0 Å². The highest BCUT2D eigenvalue weighted by Gasteiger charge is 2.00. The highest BCUT2D eigenvalue weighted by Crippen LogP contribution is 2.24. The number of nitrogens with zero attached hydrogens (tertiary/aromatic N) is 3. The Morgan fingerprint density at radius 3 is 1.68 bits per heavy atom. The van der Waals surface area contributed by atoms with E-state index in [0.717, 1.165) is 42.8 Å². The van der Waals surface area contributed by atoms with Gasteiger partial charge >= 0.3 is 0 Å². The third-order valence-corrected chi connectivity index (χ3v) is 5.25. The number of pyridine rings is 1. The third kappa shape index (κ3) is 5.94. The quantitative estimate of drug-likeness (QED) is 0.333. The van der Waals surface area contributed by atoms with E-state index in [2.05, 4.69) is 67.8 Å². The molecule has 3 rings (SSSR count). The van der Waals surface area contributed by atoms with E-state index in [-0.39, 0.29) is 0 Å². The average molecular weight is 499 g/mol. The molecule has 0 saturated heterocycles. The van der Waals surface area contributed by atoms with E-state index in [0.29, 0.717) is 12.8 Å². The molecule has 0 unspecified atom stereocenters. The minimum atomic E-state index is 0.696. The van der Waals surface area contributed by atoms with Gasteiger partial charge in [0.25, 0.3) is 0 Å². The maximum atomic E-state index is 4.71. The second-order valence-electron chi connectivity index (χ2n) is 6.51. The predicted octanol–water partition coefficient (Wildman–Crippen LogP) is 7.11. The van der Waals surface area contributed by atoms with Crippen molar-refractivity contribution < 1.29 is 0 Å². The van der Waals surface area contributed by atoms with Gasteiger partial charge in [-0.1, -0.05) is 50.1 Å². The summed E-state index contributed by atoms with van der Waals surface area (Å²) in [5.41, 5.74) is 6.26. The SMILES string of the molecule is Cc1ccc(Br)cc1N=CCc1cccc(CC=Nc2cc(Br)ccc2C)n1. The zero-order valence-corrected chi connectivity index (χ0v) is 19.0. The number of benzene rings is 2. The van der Waals surface area contributed by atoms with Gasteiger partial charge in [0.1, 0.15) is 0 Å². The van der Waals surface area contributed by atoms with Gasteiger partial charge in [0.2, 0.25) is 0 Å². The summed E-state index contributed by atoms with van der Waals surface area (Å²) >= 11 is 6.98. The van der Waals surface area contributed by atoms with Crippen LogP contribution in [0.2, 0.25) is 0 Å². The fraction of sp³-hybridized carbons (Fsp3) is 0.174. The van der Waals surface area contributed by atoms with Crippen LogP contribution in [-0.4, -0.2) is 17.4 Å². The summed E-state index contributed by atoms with van der Waals surface area (Å²) in [4.78, 5) is 13.9. The van der Waals surface area contributed by atoms with Gasteiger partial charge in [-0.2, -0.15) is 0 Å². The Bertz CT molecular complexity index is 947. The van der Waals surface area contributed by atoms with Crippen LogP contribution in [0.5, 0.6) is 0 Å². The second-order valence-corrected chi connectivity index (χ2v) is 8.34. The topological polar surface area (TPSA) is 37.6 Å². The lowest BCUT2D eigenvalue weighted by molar-refractivity contribution is 1.06. The van der Waals surface area contributed by atoms with E-state index in [4.69, 9.17) is 4.98 Å². The molecule has 0 saturated carbocycles. The van der Waals surface area contributed by atoms with Crippen LogP contribution in [0.25, 0.3) is 0 Å². The van der Waals surface area contributed by atoms with Crippen LogP contribution < -0.4 is 0 Å². The number of aromatic nitrogens is 1. The number of rotatable bonds is 6. The number of halogens is 2. The Kier molecular flexibility index (Phi) is 7.29. The molecule has 0 aliphatic rings. The first-order valence-electron chi connectivity index (χ1n) is 9.03. The molecule has 0 aliphatic heterocycles. The largest absolute Gasteiger partial charge is 0.261 e. The average Bonchev–Trinajstić information content (AvgIpc) is 2.68. The summed E-state index contributed by atoms with van der Waals surface area (Å²) in [7, 11) is 0. The predicted molar refractivity (Wildman–Crippen MR) is 126 cm³/mol. The van der Waals surface area contributed by atoms with Gasteiger partial charge in [0.05, 0.1) is 11.4 Å². The van der Waals surface area contributed by atoms with E-state index in [1.54, 1.807) is 0 Å². The van der Waals surface area contributed by atoms with Crippen molar-refractivity contribution in [1.82, 2.24) is 4.98 Å². The maximum absolute atomic E-state index is 4.71. The molecular weight excluding hydrogens is 478 g/mol. The molecule has 1 heterocycles. The van der Waals surface area contributed by atoms with Gasteiger partial charge < -0.3 is 0 Å². The van der Waals surface area contributed by atoms with Crippen LogP contribution >= 0.6 is 31.9 Å². The molecule has 0 spiro atoms. The van der Waals surface area contributed by atoms with Crippen LogP contribution in [0.4, 0.5) is 11.4 Å². The summed E-state index contributed by atoms with van der Waals surface area (Å²) < 4.78 is 2.07. The van der Waals surface area contributed by atoms with E-state index in [1.807, 2.05) is 54.9 Å². The standard InChI is InChI=1S/C23H21Br2N3/c1-16-6-8-18(24)14-22(16)26-12-10-20-4-3-5-21(28-20)11-13-27-23-15-19(25)9-7-17(23)2/h3-9,12-15H,10-11H2,1-2H3. The Labute approximate surface area is 182 Å². The lowest BCUT2D eigenvalue weighted by Crippen LogP contribution is -1.97. The molecule has 0 aliphatic carbocycles. The molecule has 3 nitrogen and oxygen atoms in total. The Hall–Kier alpha value is -2.11. The highest BCUT2D eigenvalue weighted by molar-refractivity contribution is 9.10. The molecule has 5 heteroatoms. The maximum Gasteiger partial charge on any atom is 0.0666 e. The van der Waals surface area contributed by atoms with Crippen molar-refractivity contribution in [3.8, 4) is 0 Å². The van der Waals surface area contributed by atoms with Gasteiger partial charge in [0.15, 0.2) is 0 Å². The number of aryl methyl sites for hydroxylation is 2. The fourth-order valence-corrected chi connectivity index (χ4v) is 3.37. The number of hydrogen-bond acceptors (Lipinski definition) is 3. The van der Waals surface area contributed by atoms with Crippen molar-refractivity contribution in [2.45, 2.75) is 26.7 Å². The molecule has 0 amide bonds. The molecule has 0 N–H and O–H groups in total. The Balaban J connectivity index is 1.64. The fourth-order valence-electron chi connectivity index (χ4n) is 2.67. The minimum absolute atomic E-state index is 0.696. The summed E-state index contributed by atoms with van der Waals surface area (Å²) in [6.07, 6.45) is 5.23. The molecule has 3 aromatic rings. The lowest BCUT2D eigenvalue weighted by Gasteiger charge is -2.02. The molecule has 2 aromatic carbocycles. The van der Waals surface area contributed by atoms with Crippen LogP contribution in [0, 0.1) is 13.8 Å². The smallest absolute Gasteiger partial charge is 0.0666 e. The molecule has 0 fully saturated rings. The number of hydrogen-bond donors (Lipinski definition) is 0. The highest BCUT2D eigenvalue weighted by atomic mass is 79.9. The first-order chi connectivity index (χ1) is 13.5. The monoisotopic (exact) mass is 497 g/mol. The van der Waals surface area contributed by atoms with E-state index in [9.17, 15) is 0 Å². The van der Waals surface area contributed by atoms with Crippen molar-refractivity contribution in [2.24, 2.45) is 9.98 Å². The van der Waals surface area contributed by atoms with Gasteiger partial charge in [-0.25, -0.2) is 0 Å². The van der Waals surface area contributed by atoms with Gasteiger partial charge in [-0.3, -0.25) is 15.0 Å². The van der Waals surface area contributed by atoms with Gasteiger partial charge in [0, 0.05) is 45.6 Å². The summed E-state index contributed by atoms with van der Waals surface area (Å²) in [6.45, 7) is 4.12. The van der Waals surface area contributed by atoms with Crippen molar-refractivity contribution in [1.29, 1.82) is 0 Å². The summed E-state index contributed by atoms with van der Waals surface area (Å²) in [6, 6.07) is 18.3. The molecule has 142 valence electrons. The summed E-state index contributed by atoms with van der Waals surface area (Å²) in [5, 5.41) is 0. The molecule has 0 radical (unpaired) electrons. The minimum Gasteiger partial charge on any atom is -0.261 e. The van der Waals surface area contributed by atoms with Gasteiger partial charge in [-0.15, -0.1) is 0 Å². The molecule has 0 bridgehead atoms. The molecular formula is C23H21Br2N3. The normalized spacial score (nSPS) is 11.6. The lowest BCUT2D eigenvalue weighted by atomic mass is 10.2. The van der Waals surface area contributed by atoms with Crippen LogP contribution in [-0.2, 0) is 12.8 Å². The zero-order valence-electron chi connectivity index (χ0n) is 15.9. The molecule has 28 heavy (non-hydrogen) atoms. The molecule has 0 atom stereocenters. The summed E-state index contributed by atoms with van der Waals surface area (Å²) in [5.74, 6) is 0. The van der Waals surface area contributed by atoms with Crippen molar-refractivity contribution >= 4 is 55.7 Å². The Morgan fingerprint density at radius 2 is 1.21 bits per heavy atom. The third-order valence-electron chi connectivity index (χ3n) is 4.27. The van der Waals surface area contributed by atoms with E-state index < -0.39 is 0 Å². The van der Waals surface area contributed by atoms with E-state index in [1.165, 1.54) is 0 Å². The van der Waals surface area contributed by atoms with Crippen LogP contribution in [0.3, 0.4) is 0 Å². The van der Waals surface area contributed by atoms with E-state index >= 15 is 0 Å². The van der Waals surface area contributed by atoms with Crippen LogP contribution in [0.15, 0.2) is 73.5 Å². The Morgan fingerprint density at radius 1 is 0.750 bits per heavy atom. The van der Waals surface area contributed by atoms with Gasteiger partial charge in [-0.05, 0) is 61.4 Å². The second kappa shape index (κ2) is 9.89. The first kappa shape index (κ1) is 20.6. The van der Waals surface area contributed by atoms with Crippen LogP contribution in [0.1, 0.15) is 22.5 Å². The van der Waals surface area contributed by atoms with Crippen molar-refractivity contribution in [2.75, 3.05) is 0 Å². The zero-order chi connectivity index (χ0) is 19.9. The first-order valence-corrected chi connectivity index (χ1v) is 10.6.